The van der Waals surface area contributed by atoms with Gasteiger partial charge in [-0.25, -0.2) is 13.8 Å². The number of aryl methyl sites for hydroxylation is 1. The van der Waals surface area contributed by atoms with Crippen molar-refractivity contribution in [3.63, 3.8) is 0 Å². The number of halogens is 2. The zero-order chi connectivity index (χ0) is 16.4. The molecule has 0 radical (unpaired) electrons. The van der Waals surface area contributed by atoms with Gasteiger partial charge in [-0.15, -0.1) is 0 Å². The lowest BCUT2D eigenvalue weighted by molar-refractivity contribution is 0.453. The van der Waals surface area contributed by atoms with Gasteiger partial charge in [0, 0.05) is 23.2 Å². The number of nitrogens with zero attached hydrogens (tertiary/aromatic N) is 3. The van der Waals surface area contributed by atoms with Gasteiger partial charge in [-0.2, -0.15) is 5.10 Å². The van der Waals surface area contributed by atoms with E-state index in [0.29, 0.717) is 23.9 Å². The van der Waals surface area contributed by atoms with E-state index in [-0.39, 0.29) is 6.04 Å². The van der Waals surface area contributed by atoms with Gasteiger partial charge in [0.1, 0.15) is 24.3 Å². The van der Waals surface area contributed by atoms with Crippen molar-refractivity contribution in [2.75, 3.05) is 6.54 Å². The molecule has 0 aliphatic carbocycles. The van der Waals surface area contributed by atoms with Crippen LogP contribution in [0.2, 0.25) is 0 Å². The number of rotatable bonds is 6. The second kappa shape index (κ2) is 6.45. The van der Waals surface area contributed by atoms with Crippen LogP contribution in [0.1, 0.15) is 18.2 Å². The predicted octanol–water partition coefficient (Wildman–Crippen LogP) is 2.57. The van der Waals surface area contributed by atoms with E-state index in [2.05, 4.69) is 27.3 Å². The quantitative estimate of drug-likeness (QED) is 0.734. The minimum absolute atomic E-state index is 0.218. The van der Waals surface area contributed by atoms with Gasteiger partial charge in [-0.3, -0.25) is 4.68 Å². The Kier molecular flexibility index (Phi) is 4.38. The Balaban J connectivity index is 1.66. The van der Waals surface area contributed by atoms with Crippen LogP contribution in [0.15, 0.2) is 24.8 Å². The molecule has 0 aliphatic heterocycles. The molecule has 0 bridgehead atoms. The highest BCUT2D eigenvalue weighted by atomic mass is 19.1. The molecule has 7 heteroatoms. The van der Waals surface area contributed by atoms with Crippen LogP contribution in [0.3, 0.4) is 0 Å². The molecule has 2 N–H and O–H groups in total. The molecule has 2 aromatic heterocycles. The van der Waals surface area contributed by atoms with Crippen molar-refractivity contribution in [1.29, 1.82) is 0 Å². The molecule has 5 nitrogen and oxygen atoms in total. The summed E-state index contributed by atoms with van der Waals surface area (Å²) in [5.74, 6) is -1.11. The lowest BCUT2D eigenvalue weighted by Crippen LogP contribution is -2.32. The summed E-state index contributed by atoms with van der Waals surface area (Å²) >= 11 is 0. The van der Waals surface area contributed by atoms with E-state index in [0.717, 1.165) is 23.9 Å². The number of benzene rings is 1. The summed E-state index contributed by atoms with van der Waals surface area (Å²) in [5, 5.41) is 8.07. The van der Waals surface area contributed by atoms with Gasteiger partial charge in [0.15, 0.2) is 0 Å². The number of aromatic nitrogens is 4. The lowest BCUT2D eigenvalue weighted by Gasteiger charge is -2.13. The fourth-order valence-corrected chi connectivity index (χ4v) is 2.84. The number of hydrogen-bond donors (Lipinski definition) is 2. The number of hydrogen-bond acceptors (Lipinski definition) is 3. The van der Waals surface area contributed by atoms with Crippen LogP contribution in [0.5, 0.6) is 0 Å². The van der Waals surface area contributed by atoms with Crippen LogP contribution in [0, 0.1) is 18.6 Å². The van der Waals surface area contributed by atoms with Crippen molar-refractivity contribution >= 4 is 10.9 Å². The lowest BCUT2D eigenvalue weighted by atomic mass is 10.1. The first-order valence-corrected chi connectivity index (χ1v) is 7.56. The molecule has 0 saturated carbocycles. The van der Waals surface area contributed by atoms with Crippen LogP contribution in [0.25, 0.3) is 10.9 Å². The third-order valence-corrected chi connectivity index (χ3v) is 3.94. The molecule has 0 fully saturated rings. The van der Waals surface area contributed by atoms with Crippen molar-refractivity contribution < 1.29 is 8.78 Å². The van der Waals surface area contributed by atoms with Gasteiger partial charge >= 0.3 is 0 Å². The second-order valence-electron chi connectivity index (χ2n) is 5.76. The van der Waals surface area contributed by atoms with Crippen LogP contribution in [0.4, 0.5) is 8.78 Å². The van der Waals surface area contributed by atoms with Crippen molar-refractivity contribution in [3.05, 3.63) is 47.7 Å². The summed E-state index contributed by atoms with van der Waals surface area (Å²) in [7, 11) is 0. The fraction of sp³-hybridized carbons (Fsp3) is 0.375. The highest BCUT2D eigenvalue weighted by molar-refractivity contribution is 5.85. The van der Waals surface area contributed by atoms with Gasteiger partial charge in [0.2, 0.25) is 0 Å². The normalized spacial score (nSPS) is 12.9. The molecule has 0 aliphatic rings. The Bertz CT molecular complexity index is 795. The van der Waals surface area contributed by atoms with E-state index >= 15 is 0 Å². The number of fused-ring (bicyclic) bond motifs is 1. The summed E-state index contributed by atoms with van der Waals surface area (Å²) in [6.07, 6.45) is 3.87. The molecule has 1 atom stereocenters. The van der Waals surface area contributed by atoms with Crippen molar-refractivity contribution in [3.8, 4) is 0 Å². The minimum atomic E-state index is -0.554. The Hall–Kier alpha value is -2.28. The smallest absolute Gasteiger partial charge is 0.150 e. The molecule has 3 aromatic rings. The molecule has 0 spiro atoms. The van der Waals surface area contributed by atoms with Crippen LogP contribution in [-0.2, 0) is 13.0 Å². The topological polar surface area (TPSA) is 58.5 Å². The van der Waals surface area contributed by atoms with Crippen LogP contribution in [-0.4, -0.2) is 32.3 Å². The highest BCUT2D eigenvalue weighted by Gasteiger charge is 2.13. The summed E-state index contributed by atoms with van der Waals surface area (Å²) in [5.41, 5.74) is 2.18. The van der Waals surface area contributed by atoms with Crippen LogP contribution >= 0.6 is 0 Å². The third-order valence-electron chi connectivity index (χ3n) is 3.94. The summed E-state index contributed by atoms with van der Waals surface area (Å²) in [4.78, 5) is 6.91. The Morgan fingerprint density at radius 2 is 2.17 bits per heavy atom. The first-order valence-electron chi connectivity index (χ1n) is 7.56. The molecule has 122 valence electrons. The number of H-pyrrole nitrogens is 1. The largest absolute Gasteiger partial charge is 0.356 e. The maximum atomic E-state index is 13.8. The third kappa shape index (κ3) is 3.39. The zero-order valence-electron chi connectivity index (χ0n) is 13.1. The predicted molar refractivity (Wildman–Crippen MR) is 84.1 cm³/mol. The van der Waals surface area contributed by atoms with Crippen molar-refractivity contribution in [2.45, 2.75) is 32.9 Å². The first kappa shape index (κ1) is 15.6. The van der Waals surface area contributed by atoms with Gasteiger partial charge < -0.3 is 10.3 Å². The zero-order valence-corrected chi connectivity index (χ0v) is 13.1. The molecule has 3 rings (SSSR count). The van der Waals surface area contributed by atoms with Gasteiger partial charge in [0.25, 0.3) is 0 Å². The summed E-state index contributed by atoms with van der Waals surface area (Å²) in [6.45, 7) is 5.37. The molecule has 23 heavy (non-hydrogen) atoms. The van der Waals surface area contributed by atoms with Gasteiger partial charge in [-0.05, 0) is 38.4 Å². The average Bonchev–Trinajstić information content (AvgIpc) is 3.09. The van der Waals surface area contributed by atoms with Gasteiger partial charge in [0.05, 0.1) is 12.1 Å². The summed E-state index contributed by atoms with van der Waals surface area (Å²) in [6, 6.07) is 2.51. The molecule has 1 aromatic carbocycles. The molecular formula is C16H19F2N5. The molecular weight excluding hydrogens is 300 g/mol. The van der Waals surface area contributed by atoms with E-state index in [1.54, 1.807) is 11.0 Å². The van der Waals surface area contributed by atoms with E-state index in [4.69, 9.17) is 0 Å². The second-order valence-corrected chi connectivity index (χ2v) is 5.76. The van der Waals surface area contributed by atoms with Crippen molar-refractivity contribution in [2.24, 2.45) is 0 Å². The average molecular weight is 319 g/mol. The van der Waals surface area contributed by atoms with E-state index < -0.39 is 11.6 Å². The number of aromatic amines is 1. The molecule has 0 amide bonds. The molecule has 0 saturated heterocycles. The standard InChI is InChI=1S/C16H19F2N5/c1-10(7-23-9-19-8-21-23)20-4-3-13-11(2)22-16-14(13)5-12(17)6-15(16)18/h5-6,8-10,20,22H,3-4,7H2,1-2H3. The monoisotopic (exact) mass is 319 g/mol. The van der Waals surface area contributed by atoms with Gasteiger partial charge in [-0.1, -0.05) is 0 Å². The van der Waals surface area contributed by atoms with E-state index in [1.165, 1.54) is 12.4 Å². The highest BCUT2D eigenvalue weighted by Crippen LogP contribution is 2.25. The maximum Gasteiger partial charge on any atom is 0.150 e. The maximum absolute atomic E-state index is 13.8. The summed E-state index contributed by atoms with van der Waals surface area (Å²) < 4.78 is 29.0. The number of nitrogens with one attached hydrogen (secondary N) is 2. The fourth-order valence-electron chi connectivity index (χ4n) is 2.84. The molecule has 2 heterocycles. The van der Waals surface area contributed by atoms with Crippen molar-refractivity contribution in [1.82, 2.24) is 25.1 Å². The molecule has 1 unspecified atom stereocenters. The minimum Gasteiger partial charge on any atom is -0.356 e. The van der Waals surface area contributed by atoms with E-state index in [1.807, 2.05) is 6.92 Å². The Labute approximate surface area is 132 Å². The Morgan fingerprint density at radius 1 is 1.35 bits per heavy atom. The Morgan fingerprint density at radius 3 is 2.91 bits per heavy atom. The van der Waals surface area contributed by atoms with E-state index in [9.17, 15) is 8.78 Å². The SMILES string of the molecule is Cc1[nH]c2c(F)cc(F)cc2c1CCNC(C)Cn1cncn1. The first-order chi connectivity index (χ1) is 11.0. The van der Waals surface area contributed by atoms with Crippen LogP contribution < -0.4 is 5.32 Å².